The third kappa shape index (κ3) is 1.70. The van der Waals surface area contributed by atoms with Gasteiger partial charge in [0.05, 0.1) is 6.10 Å². The average molecular weight is 274 g/mol. The quantitative estimate of drug-likeness (QED) is 0.685. The number of aliphatic hydroxyl groups is 1. The van der Waals surface area contributed by atoms with Crippen molar-refractivity contribution in [1.82, 2.24) is 0 Å². The zero-order valence-electron chi connectivity index (χ0n) is 12.5. The normalized spacial score (nSPS) is 47.8. The molecular formula is C18H26O2. The van der Waals surface area contributed by atoms with Gasteiger partial charge in [-0.2, -0.15) is 0 Å². The SMILES string of the molecule is CC12CCC3C4=C(CCC3C1CCC2=O)C[C@H](O)CC4. The van der Waals surface area contributed by atoms with E-state index in [4.69, 9.17) is 0 Å². The lowest BCUT2D eigenvalue weighted by Crippen LogP contribution is -2.44. The Morgan fingerprint density at radius 1 is 1.10 bits per heavy atom. The van der Waals surface area contributed by atoms with E-state index in [0.717, 1.165) is 50.4 Å². The Labute approximate surface area is 121 Å². The molecule has 5 atom stereocenters. The Morgan fingerprint density at radius 3 is 2.80 bits per heavy atom. The molecular weight excluding hydrogens is 248 g/mol. The van der Waals surface area contributed by atoms with Crippen LogP contribution in [0.5, 0.6) is 0 Å². The average Bonchev–Trinajstić information content (AvgIpc) is 2.74. The van der Waals surface area contributed by atoms with E-state index in [9.17, 15) is 9.90 Å². The van der Waals surface area contributed by atoms with E-state index < -0.39 is 0 Å². The molecule has 0 aromatic rings. The number of hydrogen-bond donors (Lipinski definition) is 1. The molecule has 0 aromatic carbocycles. The van der Waals surface area contributed by atoms with Gasteiger partial charge in [-0.25, -0.2) is 0 Å². The summed E-state index contributed by atoms with van der Waals surface area (Å²) in [5.41, 5.74) is 3.29. The molecule has 4 aliphatic rings. The van der Waals surface area contributed by atoms with E-state index in [2.05, 4.69) is 6.92 Å². The van der Waals surface area contributed by atoms with Crippen molar-refractivity contribution in [3.8, 4) is 0 Å². The maximum absolute atomic E-state index is 12.3. The summed E-state index contributed by atoms with van der Waals surface area (Å²) < 4.78 is 0. The molecule has 0 aromatic heterocycles. The fraction of sp³-hybridized carbons (Fsp3) is 0.833. The van der Waals surface area contributed by atoms with Crippen molar-refractivity contribution >= 4 is 5.78 Å². The number of Topliss-reactive ketones (excluding diaryl/α,β-unsaturated/α-hetero) is 1. The summed E-state index contributed by atoms with van der Waals surface area (Å²) in [5, 5.41) is 9.89. The highest BCUT2D eigenvalue weighted by atomic mass is 16.3. The predicted octanol–water partition coefficient (Wildman–Crippen LogP) is 3.63. The molecule has 2 fully saturated rings. The molecule has 0 heterocycles. The van der Waals surface area contributed by atoms with Crippen LogP contribution in [0, 0.1) is 23.2 Å². The monoisotopic (exact) mass is 274 g/mol. The maximum atomic E-state index is 12.3. The maximum Gasteiger partial charge on any atom is 0.139 e. The van der Waals surface area contributed by atoms with Crippen molar-refractivity contribution in [2.75, 3.05) is 0 Å². The third-order valence-corrected chi connectivity index (χ3v) is 7.06. The molecule has 0 bridgehead atoms. The summed E-state index contributed by atoms with van der Waals surface area (Å²) in [4.78, 5) is 12.3. The highest BCUT2D eigenvalue weighted by molar-refractivity contribution is 5.87. The summed E-state index contributed by atoms with van der Waals surface area (Å²) in [6, 6.07) is 0. The van der Waals surface area contributed by atoms with Crippen LogP contribution in [0.2, 0.25) is 0 Å². The van der Waals surface area contributed by atoms with Gasteiger partial charge in [0.25, 0.3) is 0 Å². The van der Waals surface area contributed by atoms with Gasteiger partial charge in [-0.05, 0) is 69.1 Å². The molecule has 1 N–H and O–H groups in total. The number of allylic oxidation sites excluding steroid dienone is 1. The van der Waals surface area contributed by atoms with Crippen molar-refractivity contribution in [2.45, 2.75) is 70.8 Å². The highest BCUT2D eigenvalue weighted by Crippen LogP contribution is 2.59. The fourth-order valence-corrected chi connectivity index (χ4v) is 5.96. The highest BCUT2D eigenvalue weighted by Gasteiger charge is 2.54. The first-order valence-electron chi connectivity index (χ1n) is 8.52. The number of hydrogen-bond acceptors (Lipinski definition) is 2. The lowest BCUT2D eigenvalue weighted by atomic mass is 9.54. The van der Waals surface area contributed by atoms with E-state index in [0.29, 0.717) is 11.7 Å². The van der Waals surface area contributed by atoms with Crippen LogP contribution in [-0.4, -0.2) is 17.0 Å². The Balaban J connectivity index is 1.65. The van der Waals surface area contributed by atoms with E-state index in [-0.39, 0.29) is 11.5 Å². The summed E-state index contributed by atoms with van der Waals surface area (Å²) in [5.74, 6) is 2.69. The largest absolute Gasteiger partial charge is 0.393 e. The second kappa shape index (κ2) is 4.43. The molecule has 2 heteroatoms. The van der Waals surface area contributed by atoms with Crippen LogP contribution in [0.1, 0.15) is 64.7 Å². The van der Waals surface area contributed by atoms with Gasteiger partial charge in [0, 0.05) is 11.8 Å². The number of ketones is 1. The first kappa shape index (κ1) is 13.1. The zero-order valence-corrected chi connectivity index (χ0v) is 12.5. The van der Waals surface area contributed by atoms with Gasteiger partial charge in [0.1, 0.15) is 5.78 Å². The van der Waals surface area contributed by atoms with Crippen LogP contribution in [-0.2, 0) is 4.79 Å². The minimum absolute atomic E-state index is 0.00735. The fourth-order valence-electron chi connectivity index (χ4n) is 5.96. The van der Waals surface area contributed by atoms with Crippen LogP contribution in [0.25, 0.3) is 0 Å². The Kier molecular flexibility index (Phi) is 2.89. The molecule has 0 aliphatic heterocycles. The molecule has 2 nitrogen and oxygen atoms in total. The lowest BCUT2D eigenvalue weighted by molar-refractivity contribution is -0.129. The first-order chi connectivity index (χ1) is 9.59. The molecule has 110 valence electrons. The van der Waals surface area contributed by atoms with Gasteiger partial charge in [-0.3, -0.25) is 4.79 Å². The standard InChI is InChI=1S/C18H26O2/c1-18-9-8-14-13-5-3-12(19)10-11(13)2-4-15(14)16(18)6-7-17(18)20/h12,14-16,19H,2-10H2,1H3/t12-,14?,15?,16?,18?/m1/s1. The lowest BCUT2D eigenvalue weighted by Gasteiger charge is -2.50. The second-order valence-corrected chi connectivity index (χ2v) is 7.86. The summed E-state index contributed by atoms with van der Waals surface area (Å²) in [6.45, 7) is 2.25. The minimum atomic E-state index is -0.0905. The Hall–Kier alpha value is -0.630. The van der Waals surface area contributed by atoms with Gasteiger partial charge in [-0.15, -0.1) is 0 Å². The van der Waals surface area contributed by atoms with Crippen molar-refractivity contribution in [3.63, 3.8) is 0 Å². The van der Waals surface area contributed by atoms with Crippen molar-refractivity contribution < 1.29 is 9.90 Å². The number of aliphatic hydroxyl groups excluding tert-OH is 1. The van der Waals surface area contributed by atoms with E-state index >= 15 is 0 Å². The van der Waals surface area contributed by atoms with Crippen LogP contribution in [0.4, 0.5) is 0 Å². The number of carbonyl (C=O) groups excluding carboxylic acids is 1. The van der Waals surface area contributed by atoms with Gasteiger partial charge >= 0.3 is 0 Å². The summed E-state index contributed by atoms with van der Waals surface area (Å²) in [7, 11) is 0. The van der Waals surface area contributed by atoms with Crippen LogP contribution < -0.4 is 0 Å². The predicted molar refractivity (Wildman–Crippen MR) is 78.2 cm³/mol. The Morgan fingerprint density at radius 2 is 1.95 bits per heavy atom. The third-order valence-electron chi connectivity index (χ3n) is 7.06. The van der Waals surface area contributed by atoms with Gasteiger partial charge < -0.3 is 5.11 Å². The molecule has 4 aliphatic carbocycles. The molecule has 0 amide bonds. The van der Waals surface area contributed by atoms with E-state index in [1.807, 2.05) is 0 Å². The molecule has 0 saturated heterocycles. The zero-order chi connectivity index (χ0) is 13.9. The summed E-state index contributed by atoms with van der Waals surface area (Å²) in [6.07, 6.45) is 9.67. The molecule has 2 saturated carbocycles. The molecule has 20 heavy (non-hydrogen) atoms. The van der Waals surface area contributed by atoms with Gasteiger partial charge in [0.15, 0.2) is 0 Å². The number of rotatable bonds is 0. The van der Waals surface area contributed by atoms with Crippen LogP contribution in [0.3, 0.4) is 0 Å². The second-order valence-electron chi connectivity index (χ2n) is 7.86. The molecule has 4 unspecified atom stereocenters. The van der Waals surface area contributed by atoms with E-state index in [1.165, 1.54) is 19.3 Å². The van der Waals surface area contributed by atoms with E-state index in [1.54, 1.807) is 11.1 Å². The molecule has 4 rings (SSSR count). The van der Waals surface area contributed by atoms with Gasteiger partial charge in [0.2, 0.25) is 0 Å². The molecule has 0 spiro atoms. The smallest absolute Gasteiger partial charge is 0.139 e. The van der Waals surface area contributed by atoms with Crippen molar-refractivity contribution in [3.05, 3.63) is 11.1 Å². The van der Waals surface area contributed by atoms with Crippen LogP contribution in [0.15, 0.2) is 11.1 Å². The Bertz CT molecular complexity index is 478. The first-order valence-corrected chi connectivity index (χ1v) is 8.52. The minimum Gasteiger partial charge on any atom is -0.393 e. The number of fused-ring (bicyclic) bond motifs is 4. The van der Waals surface area contributed by atoms with Crippen molar-refractivity contribution in [1.29, 1.82) is 0 Å². The van der Waals surface area contributed by atoms with Gasteiger partial charge in [-0.1, -0.05) is 18.1 Å². The van der Waals surface area contributed by atoms with Crippen molar-refractivity contribution in [2.24, 2.45) is 23.2 Å². The number of carbonyl (C=O) groups is 1. The topological polar surface area (TPSA) is 37.3 Å². The van der Waals surface area contributed by atoms with Crippen LogP contribution >= 0.6 is 0 Å². The molecule has 0 radical (unpaired) electrons. The summed E-state index contributed by atoms with van der Waals surface area (Å²) >= 11 is 0.